The first-order valence-electron chi connectivity index (χ1n) is 11.2. The summed E-state index contributed by atoms with van der Waals surface area (Å²) in [6.07, 6.45) is 1.49. The number of hydrogen-bond acceptors (Lipinski definition) is 5. The summed E-state index contributed by atoms with van der Waals surface area (Å²) in [4.78, 5) is 17.1. The van der Waals surface area contributed by atoms with E-state index in [4.69, 9.17) is 11.6 Å². The number of carbonyl (C=O) groups excluding carboxylic acids is 1. The molecule has 3 aromatic rings. The number of carbonyl (C=O) groups is 1. The lowest BCUT2D eigenvalue weighted by Crippen LogP contribution is -2.49. The highest BCUT2D eigenvalue weighted by molar-refractivity contribution is 7.89. The summed E-state index contributed by atoms with van der Waals surface area (Å²) in [5.41, 5.74) is 2.07. The molecule has 0 radical (unpaired) electrons. The largest absolute Gasteiger partial charge is 0.369 e. The lowest BCUT2D eigenvalue weighted by Gasteiger charge is -2.35. The van der Waals surface area contributed by atoms with Crippen molar-refractivity contribution in [2.24, 2.45) is 7.05 Å². The molecule has 1 saturated heterocycles. The Labute approximate surface area is 205 Å². The van der Waals surface area contributed by atoms with Crippen molar-refractivity contribution in [3.05, 3.63) is 76.9 Å². The van der Waals surface area contributed by atoms with Gasteiger partial charge in [-0.3, -0.25) is 9.48 Å². The first kappa shape index (κ1) is 24.3. The quantitative estimate of drug-likeness (QED) is 0.496. The molecule has 0 atom stereocenters. The number of anilines is 1. The van der Waals surface area contributed by atoms with E-state index in [2.05, 4.69) is 10.00 Å². The van der Waals surface area contributed by atoms with Gasteiger partial charge in [-0.15, -0.1) is 0 Å². The maximum Gasteiger partial charge on any atom is 0.263 e. The molecule has 0 bridgehead atoms. The van der Waals surface area contributed by atoms with Gasteiger partial charge in [-0.1, -0.05) is 41.9 Å². The van der Waals surface area contributed by atoms with Gasteiger partial charge in [0.05, 0.1) is 5.56 Å². The molecule has 2 aromatic carbocycles. The Hall–Kier alpha value is -2.88. The van der Waals surface area contributed by atoms with Crippen LogP contribution in [0.3, 0.4) is 0 Å². The van der Waals surface area contributed by atoms with E-state index >= 15 is 0 Å². The number of nitrogens with zero attached hydrogens (tertiary/aromatic N) is 5. The molecular weight excluding hydrogens is 474 g/mol. The third kappa shape index (κ3) is 5.11. The molecule has 8 nitrogen and oxygen atoms in total. The van der Waals surface area contributed by atoms with Gasteiger partial charge in [0.15, 0.2) is 0 Å². The molecule has 4 rings (SSSR count). The monoisotopic (exact) mass is 501 g/mol. The summed E-state index contributed by atoms with van der Waals surface area (Å²) in [5, 5.41) is 4.67. The summed E-state index contributed by atoms with van der Waals surface area (Å²) in [5.74, 6) is -0.349. The number of sulfonamides is 1. The van der Waals surface area contributed by atoms with Gasteiger partial charge in [0.2, 0.25) is 5.03 Å². The van der Waals surface area contributed by atoms with Crippen LogP contribution >= 0.6 is 11.6 Å². The van der Waals surface area contributed by atoms with Gasteiger partial charge in [0, 0.05) is 63.2 Å². The molecule has 0 saturated carbocycles. The van der Waals surface area contributed by atoms with Crippen LogP contribution in [-0.2, 0) is 23.6 Å². The summed E-state index contributed by atoms with van der Waals surface area (Å²) >= 11 is 5.98. The molecule has 0 N–H and O–H groups in total. The van der Waals surface area contributed by atoms with Gasteiger partial charge in [0.25, 0.3) is 15.9 Å². The summed E-state index contributed by atoms with van der Waals surface area (Å²) in [6, 6.07) is 17.1. The maximum atomic E-state index is 13.5. The molecule has 0 aliphatic carbocycles. The summed E-state index contributed by atoms with van der Waals surface area (Å²) < 4.78 is 29.9. The van der Waals surface area contributed by atoms with Crippen molar-refractivity contribution < 1.29 is 13.2 Å². The number of amides is 1. The van der Waals surface area contributed by atoms with Gasteiger partial charge in [-0.25, -0.2) is 8.42 Å². The molecule has 1 fully saturated rings. The van der Waals surface area contributed by atoms with Crippen LogP contribution in [0.5, 0.6) is 0 Å². The Balaban J connectivity index is 1.53. The Bertz CT molecular complexity index is 1240. The van der Waals surface area contributed by atoms with Crippen molar-refractivity contribution >= 4 is 33.2 Å². The van der Waals surface area contributed by atoms with Crippen molar-refractivity contribution in [1.29, 1.82) is 0 Å². The first-order valence-corrected chi connectivity index (χ1v) is 13.0. The van der Waals surface area contributed by atoms with Crippen LogP contribution in [0.4, 0.5) is 5.69 Å². The van der Waals surface area contributed by atoms with Crippen LogP contribution in [0.2, 0.25) is 5.02 Å². The lowest BCUT2D eigenvalue weighted by molar-refractivity contribution is 0.0748. The third-order valence-corrected chi connectivity index (χ3v) is 8.01. The smallest absolute Gasteiger partial charge is 0.263 e. The van der Waals surface area contributed by atoms with E-state index in [1.807, 2.05) is 61.5 Å². The van der Waals surface area contributed by atoms with Crippen molar-refractivity contribution in [2.75, 3.05) is 37.6 Å². The molecule has 1 aliphatic rings. The van der Waals surface area contributed by atoms with Crippen LogP contribution in [0, 0.1) is 0 Å². The number of hydrogen-bond donors (Lipinski definition) is 0. The highest BCUT2D eigenvalue weighted by atomic mass is 35.5. The minimum absolute atomic E-state index is 0.0976. The molecule has 0 unspecified atom stereocenters. The molecule has 180 valence electrons. The highest BCUT2D eigenvalue weighted by Gasteiger charge is 2.35. The maximum absolute atomic E-state index is 13.5. The molecular formula is C24H28ClN5O3S. The Morgan fingerprint density at radius 3 is 2.29 bits per heavy atom. The topological polar surface area (TPSA) is 78.8 Å². The second kappa shape index (κ2) is 10.2. The van der Waals surface area contributed by atoms with Crippen molar-refractivity contribution in [3.63, 3.8) is 0 Å². The zero-order chi connectivity index (χ0) is 24.3. The van der Waals surface area contributed by atoms with E-state index in [0.717, 1.165) is 11.3 Å². The van der Waals surface area contributed by atoms with E-state index in [-0.39, 0.29) is 16.5 Å². The normalized spacial score (nSPS) is 14.9. The van der Waals surface area contributed by atoms with E-state index in [1.165, 1.54) is 15.2 Å². The number of benzene rings is 2. The van der Waals surface area contributed by atoms with Gasteiger partial charge in [0.1, 0.15) is 0 Å². The second-order valence-electron chi connectivity index (χ2n) is 8.19. The molecule has 1 aliphatic heterocycles. The van der Waals surface area contributed by atoms with Crippen LogP contribution in [0.15, 0.2) is 65.8 Å². The Morgan fingerprint density at radius 2 is 1.68 bits per heavy atom. The summed E-state index contributed by atoms with van der Waals surface area (Å²) in [6.45, 7) is 4.39. The highest BCUT2D eigenvalue weighted by Crippen LogP contribution is 2.24. The van der Waals surface area contributed by atoms with Crippen molar-refractivity contribution in [2.45, 2.75) is 18.5 Å². The van der Waals surface area contributed by atoms with Crippen molar-refractivity contribution in [3.8, 4) is 0 Å². The second-order valence-corrected chi connectivity index (χ2v) is 10.5. The summed E-state index contributed by atoms with van der Waals surface area (Å²) in [7, 11) is -2.31. The zero-order valence-corrected chi connectivity index (χ0v) is 20.8. The molecule has 34 heavy (non-hydrogen) atoms. The predicted molar refractivity (Wildman–Crippen MR) is 132 cm³/mol. The van der Waals surface area contributed by atoms with Gasteiger partial charge < -0.3 is 9.80 Å². The fraction of sp³-hybridized carbons (Fsp3) is 0.333. The number of halogens is 1. The molecule has 10 heteroatoms. The average Bonchev–Trinajstić information content (AvgIpc) is 3.26. The number of aromatic nitrogens is 2. The average molecular weight is 502 g/mol. The number of aryl methyl sites for hydroxylation is 1. The van der Waals surface area contributed by atoms with Crippen LogP contribution in [0.1, 0.15) is 22.8 Å². The minimum Gasteiger partial charge on any atom is -0.369 e. The predicted octanol–water partition coefficient (Wildman–Crippen LogP) is 3.25. The van der Waals surface area contributed by atoms with Crippen LogP contribution < -0.4 is 4.90 Å². The van der Waals surface area contributed by atoms with Crippen LogP contribution in [0.25, 0.3) is 0 Å². The minimum atomic E-state index is -3.94. The number of rotatable bonds is 7. The van der Waals surface area contributed by atoms with E-state index in [9.17, 15) is 13.2 Å². The molecule has 1 amide bonds. The zero-order valence-electron chi connectivity index (χ0n) is 19.3. The standard InChI is InChI=1S/C24H28ClN5O3S/c1-3-28(17-19-7-5-4-6-8-19)24(31)22-18-27(2)26-23(22)34(32,33)30-15-13-29(14-16-30)21-11-9-20(25)10-12-21/h4-12,18H,3,13-17H2,1-2H3. The molecule has 0 spiro atoms. The van der Waals surface area contributed by atoms with Gasteiger partial charge >= 0.3 is 0 Å². The first-order chi connectivity index (χ1) is 16.3. The van der Waals surface area contributed by atoms with E-state index in [1.54, 1.807) is 11.9 Å². The molecule has 2 heterocycles. The molecule has 1 aromatic heterocycles. The fourth-order valence-corrected chi connectivity index (χ4v) is 5.73. The van der Waals surface area contributed by atoms with Gasteiger partial charge in [-0.05, 0) is 36.8 Å². The van der Waals surface area contributed by atoms with Gasteiger partial charge in [-0.2, -0.15) is 9.40 Å². The third-order valence-electron chi connectivity index (χ3n) is 5.93. The SMILES string of the molecule is CCN(Cc1ccccc1)C(=O)c1cn(C)nc1S(=O)(=O)N1CCN(c2ccc(Cl)cc2)CC1. The van der Waals surface area contributed by atoms with Crippen LogP contribution in [-0.4, -0.2) is 66.0 Å². The Morgan fingerprint density at radius 1 is 1.03 bits per heavy atom. The lowest BCUT2D eigenvalue weighted by atomic mass is 10.2. The number of piperazine rings is 1. The van der Waals surface area contributed by atoms with E-state index < -0.39 is 10.0 Å². The van der Waals surface area contributed by atoms with Crippen molar-refractivity contribution in [1.82, 2.24) is 19.0 Å². The van der Waals surface area contributed by atoms with E-state index in [0.29, 0.717) is 44.3 Å². The fourth-order valence-electron chi connectivity index (χ4n) is 4.07. The Kier molecular flexibility index (Phi) is 7.25.